The number of anilines is 1. The molecule has 24 heavy (non-hydrogen) atoms. The molecule has 0 radical (unpaired) electrons. The zero-order valence-corrected chi connectivity index (χ0v) is 17.1. The monoisotopic (exact) mass is 328 g/mol. The Morgan fingerprint density at radius 1 is 0.833 bits per heavy atom. The maximum atomic E-state index is 3.88. The molecule has 1 aromatic carbocycles. The molecule has 2 aliphatic heterocycles. The average molecular weight is 329 g/mol. The first-order chi connectivity index (χ1) is 10.8. The van der Waals surface area contributed by atoms with E-state index in [0.717, 1.165) is 0 Å². The highest BCUT2D eigenvalue weighted by Gasteiger charge is 2.61. The van der Waals surface area contributed by atoms with Crippen LogP contribution in [0.15, 0.2) is 24.3 Å². The Morgan fingerprint density at radius 3 is 1.92 bits per heavy atom. The summed E-state index contributed by atoms with van der Waals surface area (Å²) >= 11 is 0. The van der Waals surface area contributed by atoms with Crippen LogP contribution in [0.4, 0.5) is 5.69 Å². The SMILES string of the molecule is CC(C)(C)C1C2c3ccccc3NC2N(C(C)(C)C)C1C(C)(C)C. The lowest BCUT2D eigenvalue weighted by molar-refractivity contribution is -0.000420. The third-order valence-electron chi connectivity index (χ3n) is 5.95. The molecular formula is C22H36N2. The van der Waals surface area contributed by atoms with Crippen molar-refractivity contribution in [2.24, 2.45) is 16.7 Å². The lowest BCUT2D eigenvalue weighted by atomic mass is 9.64. The van der Waals surface area contributed by atoms with Gasteiger partial charge in [-0.2, -0.15) is 0 Å². The van der Waals surface area contributed by atoms with Crippen molar-refractivity contribution < 1.29 is 0 Å². The Morgan fingerprint density at radius 2 is 1.42 bits per heavy atom. The van der Waals surface area contributed by atoms with E-state index in [0.29, 0.717) is 24.0 Å². The number of likely N-dealkylation sites (tertiary alicyclic amines) is 1. The number of hydrogen-bond acceptors (Lipinski definition) is 2. The summed E-state index contributed by atoms with van der Waals surface area (Å²) in [7, 11) is 0. The van der Waals surface area contributed by atoms with E-state index >= 15 is 0 Å². The zero-order valence-electron chi connectivity index (χ0n) is 17.1. The topological polar surface area (TPSA) is 15.3 Å². The van der Waals surface area contributed by atoms with Gasteiger partial charge in [-0.25, -0.2) is 0 Å². The number of para-hydroxylation sites is 1. The molecule has 0 amide bonds. The molecule has 1 aromatic rings. The highest BCUT2D eigenvalue weighted by molar-refractivity contribution is 5.60. The number of fused-ring (bicyclic) bond motifs is 3. The molecule has 1 fully saturated rings. The Bertz CT molecular complexity index is 612. The molecule has 2 nitrogen and oxygen atoms in total. The zero-order chi connectivity index (χ0) is 18.1. The highest BCUT2D eigenvalue weighted by Crippen LogP contribution is 2.59. The summed E-state index contributed by atoms with van der Waals surface area (Å²) in [5.41, 5.74) is 3.49. The predicted molar refractivity (Wildman–Crippen MR) is 104 cm³/mol. The second-order valence-corrected chi connectivity index (χ2v) is 11.0. The van der Waals surface area contributed by atoms with Crippen LogP contribution >= 0.6 is 0 Å². The van der Waals surface area contributed by atoms with E-state index in [-0.39, 0.29) is 16.4 Å². The van der Waals surface area contributed by atoms with Gasteiger partial charge >= 0.3 is 0 Å². The molecule has 4 atom stereocenters. The Kier molecular flexibility index (Phi) is 3.88. The van der Waals surface area contributed by atoms with E-state index in [1.165, 1.54) is 11.3 Å². The van der Waals surface area contributed by atoms with Crippen LogP contribution < -0.4 is 5.32 Å². The van der Waals surface area contributed by atoms with Crippen LogP contribution in [0.3, 0.4) is 0 Å². The van der Waals surface area contributed by atoms with Gasteiger partial charge in [-0.15, -0.1) is 0 Å². The molecule has 2 heteroatoms. The van der Waals surface area contributed by atoms with Crippen LogP contribution in [0.1, 0.15) is 73.8 Å². The molecule has 0 spiro atoms. The summed E-state index contributed by atoms with van der Waals surface area (Å²) in [6.45, 7) is 21.7. The highest BCUT2D eigenvalue weighted by atomic mass is 15.4. The normalized spacial score (nSPS) is 30.9. The van der Waals surface area contributed by atoms with Crippen molar-refractivity contribution in [3.05, 3.63) is 29.8 Å². The summed E-state index contributed by atoms with van der Waals surface area (Å²) < 4.78 is 0. The third kappa shape index (κ3) is 2.67. The fourth-order valence-electron chi connectivity index (χ4n) is 5.32. The van der Waals surface area contributed by atoms with Crippen LogP contribution in [-0.2, 0) is 0 Å². The lowest BCUT2D eigenvalue weighted by Gasteiger charge is -2.49. The molecule has 0 bridgehead atoms. The molecule has 2 heterocycles. The maximum Gasteiger partial charge on any atom is 0.0874 e. The first-order valence-electron chi connectivity index (χ1n) is 9.47. The van der Waals surface area contributed by atoms with Crippen LogP contribution in [-0.4, -0.2) is 22.6 Å². The van der Waals surface area contributed by atoms with Crippen LogP contribution in [0.25, 0.3) is 0 Å². The fraction of sp³-hybridized carbons (Fsp3) is 0.727. The van der Waals surface area contributed by atoms with Crippen molar-refractivity contribution in [1.82, 2.24) is 4.90 Å². The van der Waals surface area contributed by atoms with Crippen LogP contribution in [0.2, 0.25) is 0 Å². The second kappa shape index (κ2) is 5.24. The molecule has 0 saturated carbocycles. The Hall–Kier alpha value is -1.02. The van der Waals surface area contributed by atoms with Gasteiger partial charge in [-0.05, 0) is 49.1 Å². The molecule has 4 unspecified atom stereocenters. The van der Waals surface area contributed by atoms with Crippen molar-refractivity contribution in [3.63, 3.8) is 0 Å². The fourth-order valence-corrected chi connectivity index (χ4v) is 5.32. The quantitative estimate of drug-likeness (QED) is 0.656. The molecular weight excluding hydrogens is 292 g/mol. The van der Waals surface area contributed by atoms with E-state index < -0.39 is 0 Å². The van der Waals surface area contributed by atoms with Crippen molar-refractivity contribution in [1.29, 1.82) is 0 Å². The van der Waals surface area contributed by atoms with Gasteiger partial charge in [0.05, 0.1) is 6.17 Å². The van der Waals surface area contributed by atoms with Crippen molar-refractivity contribution in [3.8, 4) is 0 Å². The van der Waals surface area contributed by atoms with Crippen molar-refractivity contribution in [2.45, 2.75) is 86.0 Å². The minimum Gasteiger partial charge on any atom is -0.369 e. The molecule has 2 aliphatic rings. The Balaban J connectivity index is 2.20. The van der Waals surface area contributed by atoms with Crippen molar-refractivity contribution in [2.75, 3.05) is 5.32 Å². The molecule has 0 aromatic heterocycles. The van der Waals surface area contributed by atoms with E-state index in [1.807, 2.05) is 0 Å². The first-order valence-corrected chi connectivity index (χ1v) is 9.47. The largest absolute Gasteiger partial charge is 0.369 e. The predicted octanol–water partition coefficient (Wildman–Crippen LogP) is 5.71. The van der Waals surface area contributed by atoms with Gasteiger partial charge in [0.1, 0.15) is 0 Å². The van der Waals surface area contributed by atoms with Gasteiger partial charge in [-0.1, -0.05) is 59.7 Å². The minimum atomic E-state index is 0.135. The third-order valence-corrected chi connectivity index (χ3v) is 5.95. The van der Waals surface area contributed by atoms with Crippen LogP contribution in [0.5, 0.6) is 0 Å². The van der Waals surface area contributed by atoms with Gasteiger partial charge < -0.3 is 5.32 Å². The molecule has 3 rings (SSSR count). The summed E-state index contributed by atoms with van der Waals surface area (Å²) in [5.74, 6) is 1.18. The summed E-state index contributed by atoms with van der Waals surface area (Å²) in [6, 6.07) is 9.50. The van der Waals surface area contributed by atoms with E-state index in [4.69, 9.17) is 0 Å². The smallest absolute Gasteiger partial charge is 0.0874 e. The summed E-state index contributed by atoms with van der Waals surface area (Å²) in [4.78, 5) is 2.79. The summed E-state index contributed by atoms with van der Waals surface area (Å²) in [6.07, 6.45) is 0.399. The van der Waals surface area contributed by atoms with E-state index in [1.54, 1.807) is 0 Å². The Labute approximate surface area is 149 Å². The average Bonchev–Trinajstić information content (AvgIpc) is 2.89. The minimum absolute atomic E-state index is 0.135. The lowest BCUT2D eigenvalue weighted by Crippen LogP contribution is -2.56. The van der Waals surface area contributed by atoms with E-state index in [9.17, 15) is 0 Å². The molecule has 1 saturated heterocycles. The van der Waals surface area contributed by atoms with Crippen molar-refractivity contribution >= 4 is 5.69 Å². The van der Waals surface area contributed by atoms with Gasteiger partial charge in [0.15, 0.2) is 0 Å². The number of hydrogen-bond donors (Lipinski definition) is 1. The second-order valence-electron chi connectivity index (χ2n) is 11.0. The molecule has 134 valence electrons. The van der Waals surface area contributed by atoms with E-state index in [2.05, 4.69) is 96.8 Å². The number of nitrogens with zero attached hydrogens (tertiary/aromatic N) is 1. The number of benzene rings is 1. The standard InChI is InChI=1S/C22H36N2/c1-20(2,3)17-16-14-12-10-11-13-15(14)23-19(16)24(22(7,8)9)18(17)21(4,5)6/h10-13,16-19,23H,1-9H3. The van der Waals surface area contributed by atoms with Gasteiger partial charge in [0, 0.05) is 23.2 Å². The molecule has 1 N–H and O–H groups in total. The first kappa shape index (κ1) is 17.8. The number of nitrogens with one attached hydrogen (secondary N) is 1. The van der Waals surface area contributed by atoms with Gasteiger partial charge in [-0.3, -0.25) is 4.90 Å². The van der Waals surface area contributed by atoms with Gasteiger partial charge in [0.25, 0.3) is 0 Å². The number of rotatable bonds is 0. The maximum absolute atomic E-state index is 3.88. The summed E-state index contributed by atoms with van der Waals surface area (Å²) in [5, 5.41) is 3.88. The molecule has 0 aliphatic carbocycles. The van der Waals surface area contributed by atoms with Gasteiger partial charge in [0.2, 0.25) is 0 Å². The van der Waals surface area contributed by atoms with Crippen LogP contribution in [0, 0.1) is 16.7 Å².